The first-order valence-corrected chi connectivity index (χ1v) is 8.09. The molecule has 5 nitrogen and oxygen atoms in total. The predicted molar refractivity (Wildman–Crippen MR) is 84.3 cm³/mol. The van der Waals surface area contributed by atoms with E-state index in [4.69, 9.17) is 19.5 Å². The van der Waals surface area contributed by atoms with Gasteiger partial charge in [0.25, 0.3) is 0 Å². The summed E-state index contributed by atoms with van der Waals surface area (Å²) in [7, 11) is 0. The van der Waals surface area contributed by atoms with Crippen LogP contribution in [0.2, 0.25) is 0 Å². The molecule has 5 heteroatoms. The molecule has 0 aromatic rings. The Balaban J connectivity index is 3.29. The Labute approximate surface area is 130 Å². The Morgan fingerprint density at radius 1 is 0.952 bits per heavy atom. The molecule has 0 N–H and O–H groups in total. The second kappa shape index (κ2) is 15.7. The Morgan fingerprint density at radius 3 is 2.05 bits per heavy atom. The van der Waals surface area contributed by atoms with E-state index in [-0.39, 0.29) is 5.92 Å². The van der Waals surface area contributed by atoms with Crippen LogP contribution in [-0.4, -0.2) is 64.2 Å². The van der Waals surface area contributed by atoms with Gasteiger partial charge in [-0.2, -0.15) is 5.26 Å². The fraction of sp³-hybridized carbons (Fsp3) is 0.938. The van der Waals surface area contributed by atoms with E-state index in [0.717, 1.165) is 39.1 Å². The van der Waals surface area contributed by atoms with Crippen LogP contribution in [0.25, 0.3) is 0 Å². The van der Waals surface area contributed by atoms with Crippen molar-refractivity contribution in [2.75, 3.05) is 59.3 Å². The Bertz CT molecular complexity index is 256. The van der Waals surface area contributed by atoms with Gasteiger partial charge in [-0.3, -0.25) is 0 Å². The van der Waals surface area contributed by atoms with E-state index in [1.807, 2.05) is 6.92 Å². The van der Waals surface area contributed by atoms with Crippen LogP contribution in [0, 0.1) is 17.2 Å². The monoisotopic (exact) mass is 300 g/mol. The lowest BCUT2D eigenvalue weighted by atomic mass is 10.2. The highest BCUT2D eigenvalue weighted by atomic mass is 16.5. The maximum absolute atomic E-state index is 8.80. The molecule has 21 heavy (non-hydrogen) atoms. The minimum atomic E-state index is 0.0704. The maximum Gasteiger partial charge on any atom is 0.0701 e. The molecule has 0 aliphatic heterocycles. The summed E-state index contributed by atoms with van der Waals surface area (Å²) in [5, 5.41) is 8.80. The standard InChI is InChI=1S/C16H32N2O3/c1-4-6-8-19-10-12-21-13-11-20-9-7-18(5-2)15-16(3)14-17/h16H,4-13,15H2,1-3H3. The van der Waals surface area contributed by atoms with Gasteiger partial charge in [-0.1, -0.05) is 20.3 Å². The fourth-order valence-electron chi connectivity index (χ4n) is 1.79. The second-order valence-electron chi connectivity index (χ2n) is 5.11. The topological polar surface area (TPSA) is 54.7 Å². The lowest BCUT2D eigenvalue weighted by Crippen LogP contribution is -2.31. The molecule has 0 saturated carbocycles. The third kappa shape index (κ3) is 14.0. The molecule has 0 fully saturated rings. The minimum Gasteiger partial charge on any atom is -0.379 e. The van der Waals surface area contributed by atoms with Crippen LogP contribution in [0.5, 0.6) is 0 Å². The highest BCUT2D eigenvalue weighted by Gasteiger charge is 2.07. The molecule has 0 heterocycles. The number of hydrogen-bond donors (Lipinski definition) is 0. The van der Waals surface area contributed by atoms with E-state index in [1.165, 1.54) is 0 Å². The second-order valence-corrected chi connectivity index (χ2v) is 5.11. The number of unbranched alkanes of at least 4 members (excludes halogenated alkanes) is 1. The first-order valence-electron chi connectivity index (χ1n) is 8.09. The molecule has 0 spiro atoms. The number of hydrogen-bond acceptors (Lipinski definition) is 5. The third-order valence-corrected chi connectivity index (χ3v) is 3.14. The summed E-state index contributed by atoms with van der Waals surface area (Å²) >= 11 is 0. The van der Waals surface area contributed by atoms with Gasteiger partial charge < -0.3 is 19.1 Å². The molecule has 0 amide bonds. The highest BCUT2D eigenvalue weighted by molar-refractivity contribution is 4.81. The molecule has 124 valence electrons. The molecule has 0 aliphatic rings. The van der Waals surface area contributed by atoms with Crippen LogP contribution >= 0.6 is 0 Å². The Morgan fingerprint density at radius 2 is 1.52 bits per heavy atom. The number of likely N-dealkylation sites (N-methyl/N-ethyl adjacent to an activating group) is 1. The lowest BCUT2D eigenvalue weighted by Gasteiger charge is -2.21. The number of ether oxygens (including phenoxy) is 3. The van der Waals surface area contributed by atoms with Gasteiger partial charge in [0.1, 0.15) is 0 Å². The average Bonchev–Trinajstić information content (AvgIpc) is 2.51. The lowest BCUT2D eigenvalue weighted by molar-refractivity contribution is 0.0101. The SMILES string of the molecule is CCCCOCCOCCOCCN(CC)CC(C)C#N. The number of nitrogens with zero attached hydrogens (tertiary/aromatic N) is 2. The van der Waals surface area contributed by atoms with Crippen LogP contribution in [-0.2, 0) is 14.2 Å². The van der Waals surface area contributed by atoms with E-state index in [1.54, 1.807) is 0 Å². The molecular weight excluding hydrogens is 268 g/mol. The Kier molecular flexibility index (Phi) is 15.2. The van der Waals surface area contributed by atoms with Gasteiger partial charge in [0.05, 0.1) is 45.0 Å². The molecule has 0 rings (SSSR count). The van der Waals surface area contributed by atoms with Gasteiger partial charge in [0.15, 0.2) is 0 Å². The van der Waals surface area contributed by atoms with Crippen molar-refractivity contribution >= 4 is 0 Å². The van der Waals surface area contributed by atoms with E-state index >= 15 is 0 Å². The van der Waals surface area contributed by atoms with Crippen LogP contribution in [0.15, 0.2) is 0 Å². The van der Waals surface area contributed by atoms with Crippen LogP contribution < -0.4 is 0 Å². The summed E-state index contributed by atoms with van der Waals surface area (Å²) in [5.74, 6) is 0.0704. The van der Waals surface area contributed by atoms with Gasteiger partial charge in [-0.25, -0.2) is 0 Å². The van der Waals surface area contributed by atoms with Crippen LogP contribution in [0.1, 0.15) is 33.6 Å². The molecule has 1 unspecified atom stereocenters. The van der Waals surface area contributed by atoms with Crippen molar-refractivity contribution < 1.29 is 14.2 Å². The molecule has 0 aromatic carbocycles. The normalized spacial score (nSPS) is 12.5. The van der Waals surface area contributed by atoms with E-state index in [0.29, 0.717) is 33.0 Å². The zero-order chi connectivity index (χ0) is 15.8. The van der Waals surface area contributed by atoms with Crippen LogP contribution in [0.4, 0.5) is 0 Å². The van der Waals surface area contributed by atoms with Crippen molar-refractivity contribution in [2.45, 2.75) is 33.6 Å². The third-order valence-electron chi connectivity index (χ3n) is 3.14. The molecule has 0 saturated heterocycles. The number of rotatable bonds is 15. The van der Waals surface area contributed by atoms with E-state index in [2.05, 4.69) is 24.8 Å². The zero-order valence-corrected chi connectivity index (χ0v) is 14.0. The predicted octanol–water partition coefficient (Wildman–Crippen LogP) is 2.32. The largest absolute Gasteiger partial charge is 0.379 e. The molecule has 1 atom stereocenters. The zero-order valence-electron chi connectivity index (χ0n) is 14.0. The van der Waals surface area contributed by atoms with Gasteiger partial charge in [0, 0.05) is 19.7 Å². The maximum atomic E-state index is 8.80. The molecular formula is C16H32N2O3. The number of nitriles is 1. The summed E-state index contributed by atoms with van der Waals surface area (Å²) in [4.78, 5) is 2.23. The molecule has 0 aromatic heterocycles. The Hall–Kier alpha value is -0.670. The van der Waals surface area contributed by atoms with Crippen molar-refractivity contribution in [3.8, 4) is 6.07 Å². The van der Waals surface area contributed by atoms with Gasteiger partial charge in [-0.15, -0.1) is 0 Å². The molecule has 0 radical (unpaired) electrons. The first-order chi connectivity index (χ1) is 10.2. The quantitative estimate of drug-likeness (QED) is 0.434. The smallest absolute Gasteiger partial charge is 0.0701 e. The van der Waals surface area contributed by atoms with E-state index in [9.17, 15) is 0 Å². The van der Waals surface area contributed by atoms with Crippen molar-refractivity contribution in [2.24, 2.45) is 5.92 Å². The summed E-state index contributed by atoms with van der Waals surface area (Å²) in [6.45, 7) is 12.8. The van der Waals surface area contributed by atoms with Crippen LogP contribution in [0.3, 0.4) is 0 Å². The average molecular weight is 300 g/mol. The van der Waals surface area contributed by atoms with Crippen molar-refractivity contribution in [3.63, 3.8) is 0 Å². The summed E-state index contributed by atoms with van der Waals surface area (Å²) in [5.41, 5.74) is 0. The van der Waals surface area contributed by atoms with Crippen molar-refractivity contribution in [1.29, 1.82) is 5.26 Å². The highest BCUT2D eigenvalue weighted by Crippen LogP contribution is 1.98. The minimum absolute atomic E-state index is 0.0704. The molecule has 0 bridgehead atoms. The fourth-order valence-corrected chi connectivity index (χ4v) is 1.79. The first kappa shape index (κ1) is 20.3. The van der Waals surface area contributed by atoms with E-state index < -0.39 is 0 Å². The van der Waals surface area contributed by atoms with Crippen molar-refractivity contribution in [1.82, 2.24) is 4.90 Å². The van der Waals surface area contributed by atoms with Crippen molar-refractivity contribution in [3.05, 3.63) is 0 Å². The molecule has 0 aliphatic carbocycles. The van der Waals surface area contributed by atoms with Gasteiger partial charge in [-0.05, 0) is 19.9 Å². The van der Waals surface area contributed by atoms with Gasteiger partial charge >= 0.3 is 0 Å². The van der Waals surface area contributed by atoms with Gasteiger partial charge in [0.2, 0.25) is 0 Å². The summed E-state index contributed by atoms with van der Waals surface area (Å²) < 4.78 is 16.4. The summed E-state index contributed by atoms with van der Waals surface area (Å²) in [6.07, 6.45) is 2.28. The summed E-state index contributed by atoms with van der Waals surface area (Å²) in [6, 6.07) is 2.26.